The van der Waals surface area contributed by atoms with Gasteiger partial charge < -0.3 is 29.2 Å². The van der Waals surface area contributed by atoms with E-state index in [0.29, 0.717) is 45.8 Å². The maximum atomic E-state index is 15.0. The largest absolute Gasteiger partial charge is 0.497 e. The van der Waals surface area contributed by atoms with E-state index in [-0.39, 0.29) is 55.6 Å². The summed E-state index contributed by atoms with van der Waals surface area (Å²) in [6.45, 7) is 14.7. The van der Waals surface area contributed by atoms with Crippen LogP contribution in [0.2, 0.25) is 0 Å². The lowest BCUT2D eigenvalue weighted by molar-refractivity contribution is -0.156. The topological polar surface area (TPSA) is 173 Å². The molecule has 0 spiro atoms. The molecule has 1 N–H and O–H groups in total. The summed E-state index contributed by atoms with van der Waals surface area (Å²) < 4.78 is 44.0. The van der Waals surface area contributed by atoms with Gasteiger partial charge in [-0.1, -0.05) is 45.0 Å². The Morgan fingerprint density at radius 3 is 2.43 bits per heavy atom. The normalized spacial score (nSPS) is 22.3. The number of methoxy groups -OCH3 is 1. The molecule has 1 unspecified atom stereocenters. The number of carbonyl (C=O) groups excluding carboxylic acids is 4. The van der Waals surface area contributed by atoms with E-state index in [9.17, 15) is 18.9 Å². The van der Waals surface area contributed by atoms with Crippen LogP contribution in [0.15, 0.2) is 72.6 Å². The number of esters is 2. The van der Waals surface area contributed by atoms with Gasteiger partial charge in [0.05, 0.1) is 54.0 Å². The van der Waals surface area contributed by atoms with Gasteiger partial charge in [0, 0.05) is 48.4 Å². The molecule has 0 bridgehead atoms. The number of thiazole rings is 1. The molecule has 1 saturated heterocycles. The van der Waals surface area contributed by atoms with Crippen LogP contribution in [0.25, 0.3) is 22.3 Å². The first-order valence-corrected chi connectivity index (χ1v) is 25.3. The Morgan fingerprint density at radius 2 is 1.77 bits per heavy atom. The number of Topliss-reactive ketones (excluding diaryl/α,β-unsaturated/α-hetero) is 1. The minimum atomic E-state index is -3.66. The fourth-order valence-electron chi connectivity index (χ4n) is 9.04. The van der Waals surface area contributed by atoms with Crippen molar-refractivity contribution in [1.29, 1.82) is 0 Å². The van der Waals surface area contributed by atoms with Crippen molar-refractivity contribution in [3.05, 3.63) is 78.2 Å². The second-order valence-corrected chi connectivity index (χ2v) is 22.6. The summed E-state index contributed by atoms with van der Waals surface area (Å²) in [5.74, 6) is -1.81. The number of nitrogens with zero attached hydrogens (tertiary/aromatic N) is 3. The second-order valence-electron chi connectivity index (χ2n) is 18.9. The molecule has 14 nitrogen and oxygen atoms in total. The van der Waals surface area contributed by atoms with Gasteiger partial charge in [0.25, 0.3) is 0 Å². The van der Waals surface area contributed by atoms with Crippen LogP contribution in [0.5, 0.6) is 11.5 Å². The first-order valence-electron chi connectivity index (χ1n) is 22.4. The molecule has 7 rings (SSSR count). The van der Waals surface area contributed by atoms with Gasteiger partial charge in [-0.2, -0.15) is 0 Å². The summed E-state index contributed by atoms with van der Waals surface area (Å²) in [5.41, 5.74) is 1.46. The predicted molar refractivity (Wildman–Crippen MR) is 251 cm³/mol. The highest BCUT2D eigenvalue weighted by Gasteiger charge is 2.65. The fourth-order valence-corrected chi connectivity index (χ4v) is 12.1. The number of amides is 1. The van der Waals surface area contributed by atoms with Crippen molar-refractivity contribution < 1.29 is 47.2 Å². The lowest BCUT2D eigenvalue weighted by Crippen LogP contribution is -2.48. The number of benzene rings is 2. The molecular formula is C49H61N4O10PS. The molecule has 2 saturated carbocycles. The van der Waals surface area contributed by atoms with Gasteiger partial charge in [-0.3, -0.25) is 23.5 Å². The molecule has 3 heterocycles. The first kappa shape index (κ1) is 47.8. The smallest absolute Gasteiger partial charge is 0.340 e. The van der Waals surface area contributed by atoms with E-state index in [1.807, 2.05) is 64.3 Å². The number of hydrogen-bond acceptors (Lipinski definition) is 14. The summed E-state index contributed by atoms with van der Waals surface area (Å²) in [6, 6.07) is 14.9. The van der Waals surface area contributed by atoms with Crippen molar-refractivity contribution in [1.82, 2.24) is 14.9 Å². The molecule has 16 heteroatoms. The highest BCUT2D eigenvalue weighted by Crippen LogP contribution is 2.73. The lowest BCUT2D eigenvalue weighted by atomic mass is 9.77. The molecule has 0 radical (unpaired) electrons. The van der Waals surface area contributed by atoms with Crippen molar-refractivity contribution in [2.24, 2.45) is 17.3 Å². The van der Waals surface area contributed by atoms with E-state index in [1.165, 1.54) is 18.0 Å². The summed E-state index contributed by atoms with van der Waals surface area (Å²) in [6.07, 6.45) is 4.57. The lowest BCUT2D eigenvalue weighted by Gasteiger charge is -2.35. The highest BCUT2D eigenvalue weighted by atomic mass is 32.1. The molecule has 65 heavy (non-hydrogen) atoms. The number of aromatic nitrogens is 2. The third-order valence-corrected chi connectivity index (χ3v) is 16.5. The van der Waals surface area contributed by atoms with Gasteiger partial charge in [-0.15, -0.1) is 17.9 Å². The van der Waals surface area contributed by atoms with Crippen LogP contribution in [0, 0.1) is 17.3 Å². The number of anilines is 1. The molecule has 348 valence electrons. The van der Waals surface area contributed by atoms with E-state index in [0.717, 1.165) is 30.8 Å². The highest BCUT2D eigenvalue weighted by molar-refractivity contribution is 7.60. The van der Waals surface area contributed by atoms with Gasteiger partial charge in [-0.05, 0) is 81.5 Å². The van der Waals surface area contributed by atoms with Crippen LogP contribution in [0.1, 0.15) is 96.3 Å². The van der Waals surface area contributed by atoms with Crippen LogP contribution >= 0.6 is 18.7 Å². The molecule has 2 aromatic carbocycles. The number of ether oxygens (including phenoxy) is 4. The quantitative estimate of drug-likeness (QED) is 0.0408. The van der Waals surface area contributed by atoms with Gasteiger partial charge in [0.2, 0.25) is 13.3 Å². The maximum Gasteiger partial charge on any atom is 0.340 e. The SMILES string of the molecule is C=C[C@@H]1C[C@]1(CC(=O)[C@@H]1C[C@@H](Oc2cc(-c3csc(NC(C)C)n3)nc3cc(OC)ccc23)CN1C(=O)[C@@H](CC(=O)OC1CCCC1)C(C)(C)C)P(C)(=O)OCOC(=O)c1ccccc1. The van der Waals surface area contributed by atoms with Gasteiger partial charge in [-0.25, -0.2) is 14.8 Å². The average Bonchev–Trinajstić information content (AvgIpc) is 3.66. The maximum absolute atomic E-state index is 15.0. The first-order chi connectivity index (χ1) is 30.9. The van der Waals surface area contributed by atoms with Crippen LogP contribution in [-0.2, 0) is 32.9 Å². The minimum Gasteiger partial charge on any atom is -0.497 e. The number of likely N-dealkylation sites (tertiary alicyclic amines) is 1. The van der Waals surface area contributed by atoms with E-state index in [4.69, 9.17) is 33.4 Å². The standard InChI is InChI=1S/C49H61N4O10PS/c1-9-32-25-49(32,64(8,58)61-29-60-46(57)31-15-11-10-12-16-31)26-42(54)41-22-35(27-53(41)45(56)37(48(4,5)6)23-44(55)63-33-17-13-14-18-33)62-43-24-39(40-28-65-47(52-40)50-30(2)3)51-38-21-34(59-7)19-20-36(38)43/h9-12,15-16,19-21,24,28,30,32-33,35,37,41H,1,13-14,17-18,22-23,25-27,29H2,2-8H3,(H,50,52)/t32-,35-,37-,41+,49-,64?/m1/s1. The minimum absolute atomic E-state index is 0.0432. The summed E-state index contributed by atoms with van der Waals surface area (Å²) in [4.78, 5) is 67.4. The van der Waals surface area contributed by atoms with Crippen LogP contribution in [0.4, 0.5) is 5.13 Å². The molecule has 6 atom stereocenters. The molecule has 3 aliphatic rings. The van der Waals surface area contributed by atoms with Crippen molar-refractivity contribution in [3.8, 4) is 22.9 Å². The van der Waals surface area contributed by atoms with Crippen LogP contribution < -0.4 is 14.8 Å². The zero-order valence-electron chi connectivity index (χ0n) is 38.4. The number of pyridine rings is 1. The molecule has 1 aliphatic heterocycles. The Hall–Kier alpha value is -5.11. The Bertz CT molecular complexity index is 2450. The van der Waals surface area contributed by atoms with E-state index < -0.39 is 54.7 Å². The zero-order valence-corrected chi connectivity index (χ0v) is 40.1. The number of ketones is 1. The molecule has 1 amide bonds. The number of fused-ring (bicyclic) bond motifs is 1. The number of carbonyl (C=O) groups is 4. The Balaban J connectivity index is 1.18. The molecule has 2 aromatic heterocycles. The van der Waals surface area contributed by atoms with Gasteiger partial charge >= 0.3 is 11.9 Å². The van der Waals surface area contributed by atoms with E-state index in [1.54, 1.807) is 48.4 Å². The monoisotopic (exact) mass is 928 g/mol. The van der Waals surface area contributed by atoms with Crippen molar-refractivity contribution in [3.63, 3.8) is 0 Å². The van der Waals surface area contributed by atoms with Crippen LogP contribution in [0.3, 0.4) is 0 Å². The third kappa shape index (κ3) is 11.0. The number of rotatable bonds is 19. The number of nitrogens with one attached hydrogen (secondary N) is 1. The number of allylic oxidation sites excluding steroid dienone is 1. The molecule has 4 aromatic rings. The van der Waals surface area contributed by atoms with Crippen molar-refractivity contribution in [2.75, 3.05) is 32.4 Å². The molecule has 3 fully saturated rings. The fraction of sp³-hybridized carbons (Fsp3) is 0.510. The Labute approximate surface area is 385 Å². The Kier molecular flexibility index (Phi) is 14.6. The van der Waals surface area contributed by atoms with E-state index >= 15 is 4.79 Å². The summed E-state index contributed by atoms with van der Waals surface area (Å²) >= 11 is 1.47. The van der Waals surface area contributed by atoms with E-state index in [2.05, 4.69) is 11.9 Å². The summed E-state index contributed by atoms with van der Waals surface area (Å²) in [7, 11) is -2.08. The zero-order chi connectivity index (χ0) is 46.7. The van der Waals surface area contributed by atoms with Crippen molar-refractivity contribution in [2.45, 2.75) is 115 Å². The summed E-state index contributed by atoms with van der Waals surface area (Å²) in [5, 5.41) is 5.58. The van der Waals surface area contributed by atoms with Gasteiger partial charge in [0.1, 0.15) is 29.4 Å². The average molecular weight is 929 g/mol. The van der Waals surface area contributed by atoms with Gasteiger partial charge in [0.15, 0.2) is 17.7 Å². The second kappa shape index (κ2) is 19.8. The predicted octanol–water partition coefficient (Wildman–Crippen LogP) is 9.72. The third-order valence-electron chi connectivity index (χ3n) is 12.9. The van der Waals surface area contributed by atoms with Crippen LogP contribution in [-0.4, -0.2) is 95.1 Å². The Morgan fingerprint density at radius 1 is 1.03 bits per heavy atom. The van der Waals surface area contributed by atoms with Crippen molar-refractivity contribution >= 4 is 58.4 Å². The molecule has 2 aliphatic carbocycles. The molecular weight excluding hydrogens is 868 g/mol. The number of hydrogen-bond donors (Lipinski definition) is 1.